The van der Waals surface area contributed by atoms with Gasteiger partial charge in [0.25, 0.3) is 0 Å². The predicted molar refractivity (Wildman–Crippen MR) is 198 cm³/mol. The summed E-state index contributed by atoms with van der Waals surface area (Å²) in [5.74, 6) is -5.30. The van der Waals surface area contributed by atoms with E-state index in [1.165, 1.54) is 42.1 Å². The van der Waals surface area contributed by atoms with E-state index < -0.39 is 139 Å². The molecule has 330 valence electrons. The Morgan fingerprint density at radius 3 is 1.38 bits per heavy atom. The highest BCUT2D eigenvalue weighted by molar-refractivity contribution is 5.90. The second-order valence-electron chi connectivity index (χ2n) is 16.6. The molecule has 0 saturated carbocycles. The molecule has 58 heavy (non-hydrogen) atoms. The molecule has 0 unspecified atom stereocenters. The summed E-state index contributed by atoms with van der Waals surface area (Å²) in [4.78, 5) is 78.5. The SMILES string of the molecule is COC(=O)[C@H](C)NC(=O)C[C@@H](NC(=O)[C@H](C)NC(=O)C[C@@H](NC(=O)[C@H](C)NC(=O)OC(C)(C)C)[C@H]1O[C@@H]2OC(C)(C)O[C@@H]2[C@@H]1OC)[C@H]1O[C@@H]2OC(C)(C)O[C@@H]2[C@@H]1OC. The molecule has 4 saturated heterocycles. The zero-order valence-corrected chi connectivity index (χ0v) is 35.5. The normalized spacial score (nSPS) is 30.7. The summed E-state index contributed by atoms with van der Waals surface area (Å²) in [6.45, 7) is 16.2. The van der Waals surface area contributed by atoms with E-state index in [4.69, 9.17) is 47.4 Å². The minimum absolute atomic E-state index is 0.370. The van der Waals surface area contributed by atoms with Crippen LogP contribution < -0.4 is 26.6 Å². The fraction of sp³-hybridized carbons (Fsp3) is 0.838. The number of methoxy groups -OCH3 is 3. The van der Waals surface area contributed by atoms with Crippen LogP contribution in [-0.2, 0) is 71.3 Å². The van der Waals surface area contributed by atoms with Gasteiger partial charge < -0.3 is 74.0 Å². The van der Waals surface area contributed by atoms with Crippen LogP contribution in [0.15, 0.2) is 0 Å². The number of hydrogen-bond donors (Lipinski definition) is 5. The van der Waals surface area contributed by atoms with Gasteiger partial charge in [0.1, 0.15) is 60.4 Å². The summed E-state index contributed by atoms with van der Waals surface area (Å²) in [6, 6.07) is -5.43. The first kappa shape index (κ1) is 47.0. The maximum absolute atomic E-state index is 13.8. The molecule has 0 aliphatic carbocycles. The number of nitrogens with one attached hydrogen (secondary N) is 5. The van der Waals surface area contributed by atoms with Gasteiger partial charge in [-0.05, 0) is 69.2 Å². The van der Waals surface area contributed by atoms with Gasteiger partial charge in [-0.3, -0.25) is 19.2 Å². The van der Waals surface area contributed by atoms with E-state index in [1.807, 2.05) is 0 Å². The molecule has 0 spiro atoms. The van der Waals surface area contributed by atoms with Crippen molar-refractivity contribution in [1.82, 2.24) is 26.6 Å². The molecule has 4 aliphatic heterocycles. The lowest BCUT2D eigenvalue weighted by molar-refractivity contribution is -0.220. The van der Waals surface area contributed by atoms with Crippen molar-refractivity contribution >= 4 is 35.7 Å². The maximum atomic E-state index is 13.8. The maximum Gasteiger partial charge on any atom is 0.408 e. The molecule has 21 nitrogen and oxygen atoms in total. The van der Waals surface area contributed by atoms with E-state index >= 15 is 0 Å². The number of alkyl carbamates (subject to hydrolysis) is 1. The van der Waals surface area contributed by atoms with Gasteiger partial charge in [0, 0.05) is 27.1 Å². The van der Waals surface area contributed by atoms with Crippen molar-refractivity contribution < 1.29 is 76.1 Å². The highest BCUT2D eigenvalue weighted by atomic mass is 16.9. The average Bonchev–Trinajstić information content (AvgIpc) is 3.79. The standard InChI is InChI=1S/C37H61N5O16/c1-16(29(45)41-20(15-22(44)39-18(3)31(47)51-13)24-26(50-12)28-33(53-24)57-37(9,10)55-28)38-21(43)14-19(42-30(46)17(2)40-34(48)58-35(4,5)6)23-25(49-11)27-32(52-23)56-36(7,8)54-27/h16-20,23-28,32-33H,14-15H2,1-13H3,(H,38,43)(H,39,44)(H,40,48)(H,41,45)(H,42,46)/t16-,17-,18-,19+,20+,23+,24+,25+,26+,27+,28+,32+,33+/m0/s1. The molecule has 0 aromatic heterocycles. The molecule has 13 atom stereocenters. The fourth-order valence-electron chi connectivity index (χ4n) is 7.16. The molecule has 5 N–H and O–H groups in total. The third-order valence-electron chi connectivity index (χ3n) is 9.69. The number of carbonyl (C=O) groups excluding carboxylic acids is 6. The van der Waals surface area contributed by atoms with Crippen LogP contribution in [0.2, 0.25) is 0 Å². The Bertz CT molecular complexity index is 1520. The van der Waals surface area contributed by atoms with Gasteiger partial charge in [0.05, 0.1) is 19.2 Å². The molecule has 5 amide bonds. The minimum atomic E-state index is -1.20. The van der Waals surface area contributed by atoms with Crippen molar-refractivity contribution in [2.45, 2.75) is 179 Å². The molecule has 4 heterocycles. The quantitative estimate of drug-likeness (QED) is 0.124. The van der Waals surface area contributed by atoms with E-state index in [1.54, 1.807) is 48.5 Å². The Hall–Kier alpha value is -3.70. The first-order valence-electron chi connectivity index (χ1n) is 19.2. The van der Waals surface area contributed by atoms with Crippen LogP contribution in [0, 0.1) is 0 Å². The zero-order valence-electron chi connectivity index (χ0n) is 35.5. The van der Waals surface area contributed by atoms with Crippen LogP contribution >= 0.6 is 0 Å². The molecule has 0 bridgehead atoms. The number of amides is 5. The lowest BCUT2D eigenvalue weighted by atomic mass is 9.99. The summed E-state index contributed by atoms with van der Waals surface area (Å²) in [5.41, 5.74) is -0.816. The number of esters is 1. The largest absolute Gasteiger partial charge is 0.467 e. The summed E-state index contributed by atoms with van der Waals surface area (Å²) in [7, 11) is 4.04. The van der Waals surface area contributed by atoms with Crippen LogP contribution in [0.25, 0.3) is 0 Å². The lowest BCUT2D eigenvalue weighted by Gasteiger charge is -2.32. The molecule has 0 aromatic rings. The van der Waals surface area contributed by atoms with Gasteiger partial charge in [0.15, 0.2) is 24.2 Å². The zero-order chi connectivity index (χ0) is 43.5. The molecule has 4 rings (SSSR count). The van der Waals surface area contributed by atoms with Crippen LogP contribution in [-0.4, -0.2) is 154 Å². The summed E-state index contributed by atoms with van der Waals surface area (Å²) >= 11 is 0. The molecule has 4 fully saturated rings. The van der Waals surface area contributed by atoms with E-state index in [9.17, 15) is 28.8 Å². The second kappa shape index (κ2) is 18.7. The number of ether oxygens (including phenoxy) is 10. The Kier molecular flexibility index (Phi) is 15.1. The van der Waals surface area contributed by atoms with Crippen LogP contribution in [0.3, 0.4) is 0 Å². The number of hydrogen-bond acceptors (Lipinski definition) is 16. The Morgan fingerprint density at radius 1 is 0.603 bits per heavy atom. The van der Waals surface area contributed by atoms with E-state index in [-0.39, 0.29) is 6.42 Å². The van der Waals surface area contributed by atoms with E-state index in [0.29, 0.717) is 0 Å². The van der Waals surface area contributed by atoms with Crippen LogP contribution in [0.1, 0.15) is 82.1 Å². The topological polar surface area (TPSA) is 255 Å². The predicted octanol–water partition coefficient (Wildman–Crippen LogP) is -0.385. The number of fused-ring (bicyclic) bond motifs is 2. The molecule has 0 aromatic carbocycles. The van der Waals surface area contributed by atoms with Crippen molar-refractivity contribution in [2.75, 3.05) is 21.3 Å². The second-order valence-corrected chi connectivity index (χ2v) is 16.6. The Balaban J connectivity index is 1.49. The van der Waals surface area contributed by atoms with Gasteiger partial charge in [-0.15, -0.1) is 0 Å². The van der Waals surface area contributed by atoms with Gasteiger partial charge in [-0.2, -0.15) is 0 Å². The fourth-order valence-corrected chi connectivity index (χ4v) is 7.16. The average molecular weight is 832 g/mol. The summed E-state index contributed by atoms with van der Waals surface area (Å²) < 4.78 is 57.5. The molecule has 4 aliphatic rings. The lowest BCUT2D eigenvalue weighted by Crippen LogP contribution is -2.58. The summed E-state index contributed by atoms with van der Waals surface area (Å²) in [6.07, 6.45) is -8.28. The van der Waals surface area contributed by atoms with Crippen LogP contribution in [0.5, 0.6) is 0 Å². The number of rotatable bonds is 16. The Labute approximate surface area is 338 Å². The highest BCUT2D eigenvalue weighted by Gasteiger charge is 2.59. The van der Waals surface area contributed by atoms with E-state index in [2.05, 4.69) is 26.6 Å². The van der Waals surface area contributed by atoms with E-state index in [0.717, 1.165) is 0 Å². The molecule has 21 heteroatoms. The van der Waals surface area contributed by atoms with Gasteiger partial charge >= 0.3 is 12.1 Å². The van der Waals surface area contributed by atoms with Gasteiger partial charge in [-0.25, -0.2) is 9.59 Å². The molecule has 0 radical (unpaired) electrons. The summed E-state index contributed by atoms with van der Waals surface area (Å²) in [5, 5.41) is 13.2. The first-order valence-corrected chi connectivity index (χ1v) is 19.2. The Morgan fingerprint density at radius 2 is 1.00 bits per heavy atom. The highest BCUT2D eigenvalue weighted by Crippen LogP contribution is 2.41. The molecular weight excluding hydrogens is 770 g/mol. The van der Waals surface area contributed by atoms with Crippen molar-refractivity contribution in [2.24, 2.45) is 0 Å². The third-order valence-corrected chi connectivity index (χ3v) is 9.69. The van der Waals surface area contributed by atoms with Crippen molar-refractivity contribution in [1.29, 1.82) is 0 Å². The van der Waals surface area contributed by atoms with Gasteiger partial charge in [0.2, 0.25) is 23.6 Å². The van der Waals surface area contributed by atoms with Crippen LogP contribution in [0.4, 0.5) is 4.79 Å². The monoisotopic (exact) mass is 831 g/mol. The smallest absolute Gasteiger partial charge is 0.408 e. The molecular formula is C37H61N5O16. The minimum Gasteiger partial charge on any atom is -0.467 e. The first-order chi connectivity index (χ1) is 26.9. The third kappa shape index (κ3) is 12.0. The number of carbonyl (C=O) groups is 6. The van der Waals surface area contributed by atoms with Crippen molar-refractivity contribution in [3.05, 3.63) is 0 Å². The van der Waals surface area contributed by atoms with Crippen molar-refractivity contribution in [3.8, 4) is 0 Å². The van der Waals surface area contributed by atoms with Crippen molar-refractivity contribution in [3.63, 3.8) is 0 Å². The van der Waals surface area contributed by atoms with Gasteiger partial charge in [-0.1, -0.05) is 0 Å².